The van der Waals surface area contributed by atoms with E-state index in [4.69, 9.17) is 4.74 Å². The quantitative estimate of drug-likeness (QED) is 0.595. The number of carbonyl (C=O) groups is 1. The summed E-state index contributed by atoms with van der Waals surface area (Å²) >= 11 is 0.675. The largest absolute Gasteiger partial charge is 0.485 e. The third-order valence-corrected chi connectivity index (χ3v) is 4.72. The Morgan fingerprint density at radius 1 is 1.08 bits per heavy atom. The molecule has 1 N–H and O–H groups in total. The van der Waals surface area contributed by atoms with Crippen LogP contribution in [-0.2, 0) is 0 Å². The van der Waals surface area contributed by atoms with Crippen LogP contribution < -0.4 is 4.74 Å². The number of rotatable bonds is 4. The molecule has 0 saturated carbocycles. The van der Waals surface area contributed by atoms with Crippen molar-refractivity contribution in [1.29, 1.82) is 0 Å². The van der Waals surface area contributed by atoms with Gasteiger partial charge < -0.3 is 9.84 Å². The van der Waals surface area contributed by atoms with Gasteiger partial charge in [0.25, 0.3) is 0 Å². The minimum absolute atomic E-state index is 0.147. The molecule has 1 aromatic heterocycles. The predicted octanol–water partition coefficient (Wildman–Crippen LogP) is 5.61. The van der Waals surface area contributed by atoms with Gasteiger partial charge in [-0.3, -0.25) is 0 Å². The summed E-state index contributed by atoms with van der Waals surface area (Å²) in [6, 6.07) is 3.79. The number of ether oxygens (including phenoxy) is 1. The molecule has 0 bridgehead atoms. The predicted molar refractivity (Wildman–Crippen MR) is 89.8 cm³/mol. The first-order valence-corrected chi connectivity index (χ1v) is 8.32. The van der Waals surface area contributed by atoms with Crippen molar-refractivity contribution in [1.82, 2.24) is 0 Å². The van der Waals surface area contributed by atoms with E-state index in [1.165, 1.54) is 19.9 Å². The molecule has 26 heavy (non-hydrogen) atoms. The molecule has 1 heterocycles. The minimum Gasteiger partial charge on any atom is -0.485 e. The third-order valence-electron chi connectivity index (χ3n) is 3.58. The highest BCUT2D eigenvalue weighted by Crippen LogP contribution is 2.43. The number of hydrogen-bond acceptors (Lipinski definition) is 3. The molecule has 0 atom stereocenters. The highest BCUT2D eigenvalue weighted by molar-refractivity contribution is 7.21. The molecule has 136 valence electrons. The van der Waals surface area contributed by atoms with E-state index >= 15 is 0 Å². The Kier molecular flexibility index (Phi) is 4.62. The fraction of sp³-hybridized carbons (Fsp3) is 0.167. The van der Waals surface area contributed by atoms with Crippen LogP contribution in [0.1, 0.15) is 23.5 Å². The van der Waals surface area contributed by atoms with Gasteiger partial charge in [0.15, 0.2) is 17.4 Å². The Hall–Kier alpha value is -2.61. The molecule has 3 aromatic rings. The van der Waals surface area contributed by atoms with Crippen molar-refractivity contribution in [2.75, 3.05) is 0 Å². The van der Waals surface area contributed by atoms with Gasteiger partial charge in [-0.25, -0.2) is 22.4 Å². The maximum absolute atomic E-state index is 14.9. The van der Waals surface area contributed by atoms with Gasteiger partial charge in [0.2, 0.25) is 0 Å². The lowest BCUT2D eigenvalue weighted by Crippen LogP contribution is -2.10. The molecule has 3 rings (SSSR count). The Labute approximate surface area is 149 Å². The van der Waals surface area contributed by atoms with Crippen LogP contribution >= 0.6 is 11.3 Å². The molecule has 0 fully saturated rings. The molecule has 0 saturated heterocycles. The zero-order valence-corrected chi connectivity index (χ0v) is 14.4. The molecule has 0 aliphatic heterocycles. The van der Waals surface area contributed by atoms with Crippen LogP contribution in [0.3, 0.4) is 0 Å². The SMILES string of the molecule is CC(C)Oc1c(F)cc(F)c(-c2c(C(=O)O)sc3cc(F)ccc23)c1F. The molecule has 0 spiro atoms. The van der Waals surface area contributed by atoms with Crippen LogP contribution in [0.15, 0.2) is 24.3 Å². The molecule has 0 aliphatic rings. The topological polar surface area (TPSA) is 46.5 Å². The maximum Gasteiger partial charge on any atom is 0.346 e. The molecular formula is C18H12F4O3S. The first kappa shape index (κ1) is 18.2. The number of thiophene rings is 1. The number of benzene rings is 2. The smallest absolute Gasteiger partial charge is 0.346 e. The van der Waals surface area contributed by atoms with E-state index in [2.05, 4.69) is 0 Å². The molecular weight excluding hydrogens is 372 g/mol. The second-order valence-corrected chi connectivity index (χ2v) is 6.83. The summed E-state index contributed by atoms with van der Waals surface area (Å²) in [6.45, 7) is 3.07. The molecule has 0 radical (unpaired) electrons. The van der Waals surface area contributed by atoms with E-state index < -0.39 is 46.7 Å². The average molecular weight is 384 g/mol. The second kappa shape index (κ2) is 6.60. The Balaban J connectivity index is 2.40. The van der Waals surface area contributed by atoms with Crippen molar-refractivity contribution in [2.24, 2.45) is 0 Å². The lowest BCUT2D eigenvalue weighted by Gasteiger charge is -2.15. The van der Waals surface area contributed by atoms with Crippen LogP contribution in [0, 0.1) is 23.3 Å². The lowest BCUT2D eigenvalue weighted by molar-refractivity contribution is 0.0703. The van der Waals surface area contributed by atoms with Gasteiger partial charge >= 0.3 is 5.97 Å². The number of aromatic carboxylic acids is 1. The summed E-state index contributed by atoms with van der Waals surface area (Å²) in [4.78, 5) is 11.2. The van der Waals surface area contributed by atoms with E-state index in [1.54, 1.807) is 0 Å². The summed E-state index contributed by atoms with van der Waals surface area (Å²) < 4.78 is 62.0. The fourth-order valence-electron chi connectivity index (χ4n) is 2.61. The van der Waals surface area contributed by atoms with Crippen molar-refractivity contribution in [3.05, 3.63) is 52.4 Å². The maximum atomic E-state index is 14.9. The van der Waals surface area contributed by atoms with E-state index in [1.807, 2.05) is 0 Å². The zero-order valence-electron chi connectivity index (χ0n) is 13.6. The second-order valence-electron chi connectivity index (χ2n) is 5.78. The molecule has 8 heteroatoms. The zero-order chi connectivity index (χ0) is 19.2. The van der Waals surface area contributed by atoms with Gasteiger partial charge in [0.1, 0.15) is 16.5 Å². The van der Waals surface area contributed by atoms with E-state index in [-0.39, 0.29) is 20.5 Å². The summed E-state index contributed by atoms with van der Waals surface area (Å²) in [6.07, 6.45) is -0.593. The van der Waals surface area contributed by atoms with Gasteiger partial charge in [-0.05, 0) is 32.0 Å². The number of fused-ring (bicyclic) bond motifs is 1. The molecule has 0 unspecified atom stereocenters. The number of hydrogen-bond donors (Lipinski definition) is 1. The van der Waals surface area contributed by atoms with Gasteiger partial charge in [-0.2, -0.15) is 0 Å². The van der Waals surface area contributed by atoms with Gasteiger partial charge in [-0.15, -0.1) is 11.3 Å². The van der Waals surface area contributed by atoms with Gasteiger partial charge in [0.05, 0.1) is 11.7 Å². The summed E-state index contributed by atoms with van der Waals surface area (Å²) in [5.74, 6) is -6.71. The van der Waals surface area contributed by atoms with Gasteiger partial charge in [0, 0.05) is 21.7 Å². The van der Waals surface area contributed by atoms with Crippen molar-refractivity contribution in [3.63, 3.8) is 0 Å². The average Bonchev–Trinajstić information content (AvgIpc) is 2.90. The van der Waals surface area contributed by atoms with Crippen LogP contribution in [0.2, 0.25) is 0 Å². The molecule has 0 amide bonds. The molecule has 3 nitrogen and oxygen atoms in total. The monoisotopic (exact) mass is 384 g/mol. The number of carboxylic acids is 1. The van der Waals surface area contributed by atoms with Crippen molar-refractivity contribution < 1.29 is 32.2 Å². The number of halogens is 4. The Morgan fingerprint density at radius 3 is 2.38 bits per heavy atom. The van der Waals surface area contributed by atoms with E-state index in [9.17, 15) is 27.5 Å². The first-order valence-electron chi connectivity index (χ1n) is 7.50. The third kappa shape index (κ3) is 3.01. The van der Waals surface area contributed by atoms with Gasteiger partial charge in [-0.1, -0.05) is 0 Å². The summed E-state index contributed by atoms with van der Waals surface area (Å²) in [5.41, 5.74) is -1.00. The van der Waals surface area contributed by atoms with Crippen molar-refractivity contribution in [3.8, 4) is 16.9 Å². The minimum atomic E-state index is -1.43. The van der Waals surface area contributed by atoms with E-state index in [0.29, 0.717) is 17.4 Å². The van der Waals surface area contributed by atoms with Crippen molar-refractivity contribution in [2.45, 2.75) is 20.0 Å². The van der Waals surface area contributed by atoms with E-state index in [0.717, 1.165) is 12.1 Å². The number of carboxylic acid groups (broad SMARTS) is 1. The highest BCUT2D eigenvalue weighted by Gasteiger charge is 2.28. The lowest BCUT2D eigenvalue weighted by atomic mass is 10.00. The molecule has 2 aromatic carbocycles. The summed E-state index contributed by atoms with van der Waals surface area (Å²) in [7, 11) is 0. The Bertz CT molecular complexity index is 1030. The van der Waals surface area contributed by atoms with Crippen LogP contribution in [0.5, 0.6) is 5.75 Å². The summed E-state index contributed by atoms with van der Waals surface area (Å²) in [5, 5.41) is 9.56. The fourth-order valence-corrected chi connectivity index (χ4v) is 3.69. The highest BCUT2D eigenvalue weighted by atomic mass is 32.1. The standard InChI is InChI=1S/C18H12F4O3S/c1-7(2)25-16-11(21)6-10(20)14(15(16)22)13-9-4-3-8(19)5-12(9)26-17(13)18(23)24/h3-7H,1-2H3,(H,23,24). The first-order chi connectivity index (χ1) is 12.2. The normalized spacial score (nSPS) is 11.3. The van der Waals surface area contributed by atoms with Crippen LogP contribution in [0.25, 0.3) is 21.2 Å². The Morgan fingerprint density at radius 2 is 1.77 bits per heavy atom. The molecule has 0 aliphatic carbocycles. The van der Waals surface area contributed by atoms with Crippen molar-refractivity contribution >= 4 is 27.4 Å². The van der Waals surface area contributed by atoms with Crippen LogP contribution in [-0.4, -0.2) is 17.2 Å². The van der Waals surface area contributed by atoms with Crippen LogP contribution in [0.4, 0.5) is 17.6 Å².